The molecule has 0 radical (unpaired) electrons. The second-order valence-corrected chi connectivity index (χ2v) is 4.89. The molecule has 0 aliphatic rings. The van der Waals surface area contributed by atoms with Gasteiger partial charge in [-0.15, -0.1) is 11.6 Å². The van der Waals surface area contributed by atoms with Gasteiger partial charge >= 0.3 is 0 Å². The Bertz CT molecular complexity index is 753. The fourth-order valence-corrected chi connectivity index (χ4v) is 2.57. The lowest BCUT2D eigenvalue weighted by atomic mass is 10.2. The first-order valence-corrected chi connectivity index (χ1v) is 7.07. The van der Waals surface area contributed by atoms with Crippen LogP contribution in [0.5, 0.6) is 5.75 Å². The molecule has 0 saturated heterocycles. The van der Waals surface area contributed by atoms with Crippen molar-refractivity contribution in [2.24, 2.45) is 0 Å². The fourth-order valence-electron chi connectivity index (χ4n) is 2.36. The zero-order valence-electron chi connectivity index (χ0n) is 11.5. The number of halogens is 2. The summed E-state index contributed by atoms with van der Waals surface area (Å²) >= 11 is 5.95. The number of benzene rings is 1. The molecule has 0 bridgehead atoms. The number of fused-ring (bicyclic) bond motifs is 1. The molecule has 0 N–H and O–H groups in total. The summed E-state index contributed by atoms with van der Waals surface area (Å²) in [7, 11) is 1.44. The average Bonchev–Trinajstić information content (AvgIpc) is 3.11. The highest BCUT2D eigenvalue weighted by Gasteiger charge is 2.14. The minimum absolute atomic E-state index is 0.197. The van der Waals surface area contributed by atoms with Gasteiger partial charge in [-0.25, -0.2) is 9.37 Å². The largest absolute Gasteiger partial charge is 0.494 e. The van der Waals surface area contributed by atoms with Crippen LogP contribution in [-0.2, 0) is 18.8 Å². The monoisotopic (exact) mass is 308 g/mol. The first-order chi connectivity index (χ1) is 10.2. The van der Waals surface area contributed by atoms with Gasteiger partial charge in [-0.3, -0.25) is 0 Å². The molecule has 2 heterocycles. The second kappa shape index (κ2) is 5.77. The van der Waals surface area contributed by atoms with Gasteiger partial charge in [0.1, 0.15) is 11.6 Å². The molecular weight excluding hydrogens is 295 g/mol. The number of alkyl halides is 1. The van der Waals surface area contributed by atoms with Crippen molar-refractivity contribution in [2.45, 2.75) is 18.8 Å². The van der Waals surface area contributed by atoms with Crippen LogP contribution >= 0.6 is 11.6 Å². The van der Waals surface area contributed by atoms with E-state index in [4.69, 9.17) is 20.8 Å². The van der Waals surface area contributed by atoms with E-state index in [1.807, 2.05) is 16.7 Å². The highest BCUT2D eigenvalue weighted by molar-refractivity contribution is 6.16. The first kappa shape index (κ1) is 13.9. The number of furan rings is 1. The van der Waals surface area contributed by atoms with E-state index in [9.17, 15) is 4.39 Å². The molecule has 0 atom stereocenters. The van der Waals surface area contributed by atoms with E-state index in [2.05, 4.69) is 4.98 Å². The van der Waals surface area contributed by atoms with Crippen LogP contribution in [0.4, 0.5) is 4.39 Å². The predicted molar refractivity (Wildman–Crippen MR) is 78.2 cm³/mol. The number of hydrogen-bond acceptors (Lipinski definition) is 3. The van der Waals surface area contributed by atoms with E-state index in [1.54, 1.807) is 12.3 Å². The van der Waals surface area contributed by atoms with Crippen molar-refractivity contribution in [1.29, 1.82) is 0 Å². The van der Waals surface area contributed by atoms with Crippen molar-refractivity contribution in [2.75, 3.05) is 7.11 Å². The number of ether oxygens (including phenoxy) is 1. The van der Waals surface area contributed by atoms with Crippen molar-refractivity contribution < 1.29 is 13.5 Å². The third-order valence-electron chi connectivity index (χ3n) is 3.38. The van der Waals surface area contributed by atoms with Gasteiger partial charge in [-0.1, -0.05) is 0 Å². The van der Waals surface area contributed by atoms with E-state index in [-0.39, 0.29) is 11.6 Å². The lowest BCUT2D eigenvalue weighted by molar-refractivity contribution is 0.387. The average molecular weight is 309 g/mol. The number of nitrogens with zero attached hydrogens (tertiary/aromatic N) is 2. The normalized spacial score (nSPS) is 11.2. The Kier molecular flexibility index (Phi) is 3.84. The van der Waals surface area contributed by atoms with Crippen molar-refractivity contribution in [3.63, 3.8) is 0 Å². The van der Waals surface area contributed by atoms with Crippen molar-refractivity contribution in [1.82, 2.24) is 9.55 Å². The summed E-state index contributed by atoms with van der Waals surface area (Å²) in [6, 6.07) is 6.78. The minimum atomic E-state index is -0.429. The van der Waals surface area contributed by atoms with Crippen LogP contribution in [0.2, 0.25) is 0 Å². The molecule has 0 aliphatic carbocycles. The lowest BCUT2D eigenvalue weighted by Gasteiger charge is -2.07. The molecule has 0 saturated carbocycles. The van der Waals surface area contributed by atoms with Gasteiger partial charge < -0.3 is 13.7 Å². The molecule has 3 rings (SSSR count). The molecule has 4 nitrogen and oxygen atoms in total. The van der Waals surface area contributed by atoms with Crippen LogP contribution in [0.15, 0.2) is 34.9 Å². The Hall–Kier alpha value is -2.01. The summed E-state index contributed by atoms with van der Waals surface area (Å²) in [4.78, 5) is 4.37. The summed E-state index contributed by atoms with van der Waals surface area (Å²) in [6.45, 7) is 0.654. The Morgan fingerprint density at radius 1 is 1.43 bits per heavy atom. The number of imidazole rings is 1. The fraction of sp³-hybridized carbons (Fsp3) is 0.267. The van der Waals surface area contributed by atoms with Crippen LogP contribution in [0.3, 0.4) is 0 Å². The summed E-state index contributed by atoms with van der Waals surface area (Å²) in [5.41, 5.74) is 1.37. The molecule has 2 aromatic heterocycles. The molecule has 0 aliphatic heterocycles. The molecule has 0 fully saturated rings. The van der Waals surface area contributed by atoms with Crippen molar-refractivity contribution in [3.8, 4) is 5.75 Å². The Balaban J connectivity index is 2.01. The molecule has 6 heteroatoms. The highest BCUT2D eigenvalue weighted by atomic mass is 35.5. The highest BCUT2D eigenvalue weighted by Crippen LogP contribution is 2.26. The summed E-state index contributed by atoms with van der Waals surface area (Å²) in [5, 5.41) is 0. The minimum Gasteiger partial charge on any atom is -0.494 e. The first-order valence-electron chi connectivity index (χ1n) is 6.54. The van der Waals surface area contributed by atoms with E-state index in [0.717, 1.165) is 11.3 Å². The maximum atomic E-state index is 13.8. The van der Waals surface area contributed by atoms with Gasteiger partial charge in [0.15, 0.2) is 11.6 Å². The zero-order valence-corrected chi connectivity index (χ0v) is 12.2. The number of methoxy groups -OCH3 is 1. The van der Waals surface area contributed by atoms with Crippen molar-refractivity contribution in [3.05, 3.63) is 47.9 Å². The SMILES string of the molecule is COc1cc2c(cc1F)nc(CCl)n2CCc1ccco1. The smallest absolute Gasteiger partial charge is 0.167 e. The van der Waals surface area contributed by atoms with E-state index in [1.165, 1.54) is 13.2 Å². The van der Waals surface area contributed by atoms with Crippen LogP contribution in [-0.4, -0.2) is 16.7 Å². The van der Waals surface area contributed by atoms with Gasteiger partial charge in [0, 0.05) is 25.1 Å². The lowest BCUT2D eigenvalue weighted by Crippen LogP contribution is -2.05. The van der Waals surface area contributed by atoms with Crippen LogP contribution in [0.1, 0.15) is 11.6 Å². The predicted octanol–water partition coefficient (Wildman–Crippen LogP) is 3.76. The summed E-state index contributed by atoms with van der Waals surface area (Å²) in [6.07, 6.45) is 2.35. The third kappa shape index (κ3) is 2.61. The molecular formula is C15H14ClFN2O2. The van der Waals surface area contributed by atoms with Gasteiger partial charge in [0.05, 0.1) is 30.3 Å². The van der Waals surface area contributed by atoms with Crippen LogP contribution in [0, 0.1) is 5.82 Å². The molecule has 1 aromatic carbocycles. The molecule has 0 unspecified atom stereocenters. The van der Waals surface area contributed by atoms with E-state index < -0.39 is 5.82 Å². The van der Waals surface area contributed by atoms with Gasteiger partial charge in [-0.05, 0) is 12.1 Å². The van der Waals surface area contributed by atoms with Crippen LogP contribution in [0.25, 0.3) is 11.0 Å². The van der Waals surface area contributed by atoms with Gasteiger partial charge in [0.2, 0.25) is 0 Å². The maximum absolute atomic E-state index is 13.8. The summed E-state index contributed by atoms with van der Waals surface area (Å²) < 4.78 is 26.1. The summed E-state index contributed by atoms with van der Waals surface area (Å²) in [5.74, 6) is 1.61. The number of rotatable bonds is 5. The second-order valence-electron chi connectivity index (χ2n) is 4.62. The molecule has 3 aromatic rings. The van der Waals surface area contributed by atoms with Crippen molar-refractivity contribution >= 4 is 22.6 Å². The molecule has 0 amide bonds. The Labute approximate surface area is 126 Å². The third-order valence-corrected chi connectivity index (χ3v) is 3.62. The zero-order chi connectivity index (χ0) is 14.8. The Morgan fingerprint density at radius 3 is 2.95 bits per heavy atom. The number of hydrogen-bond donors (Lipinski definition) is 0. The topological polar surface area (TPSA) is 40.2 Å². The van der Waals surface area contributed by atoms with Gasteiger partial charge in [0.25, 0.3) is 0 Å². The van der Waals surface area contributed by atoms with E-state index >= 15 is 0 Å². The standard InChI is InChI=1S/C15H14ClFN2O2/c1-20-14-8-13-12(7-11(14)17)18-15(9-16)19(13)5-4-10-3-2-6-21-10/h2-3,6-8H,4-5,9H2,1H3. The molecule has 21 heavy (non-hydrogen) atoms. The number of aromatic nitrogens is 2. The van der Waals surface area contributed by atoms with E-state index in [0.29, 0.717) is 24.3 Å². The molecule has 110 valence electrons. The van der Waals surface area contributed by atoms with Gasteiger partial charge in [-0.2, -0.15) is 0 Å². The Morgan fingerprint density at radius 2 is 2.29 bits per heavy atom. The maximum Gasteiger partial charge on any atom is 0.167 e. The van der Waals surface area contributed by atoms with Crippen LogP contribution < -0.4 is 4.74 Å². The number of aryl methyl sites for hydroxylation is 2. The molecule has 0 spiro atoms. The quantitative estimate of drug-likeness (QED) is 0.674.